The Labute approximate surface area is 557 Å². The fraction of sp³-hybridized carbons (Fsp3) is 0.600. The number of thiol groups is 2. The van der Waals surface area contributed by atoms with E-state index in [1.54, 1.807) is 13.8 Å². The first-order valence-corrected chi connectivity index (χ1v) is 33.3. The quantitative estimate of drug-likeness (QED) is 0.0577. The monoisotopic (exact) mass is 1400 g/mol. The lowest BCUT2D eigenvalue weighted by Crippen LogP contribution is -2.61. The molecule has 33 nitrogen and oxygen atoms in total. The minimum atomic E-state index is -1.90. The van der Waals surface area contributed by atoms with Crippen LogP contribution >= 0.6 is 60.5 Å². The van der Waals surface area contributed by atoms with Crippen molar-refractivity contribution in [3.63, 3.8) is 0 Å². The van der Waals surface area contributed by atoms with Gasteiger partial charge in [0.15, 0.2) is 5.37 Å². The SMILES string of the molecule is CC(=O)N[C@@H](CS)C(=O)N[C@H]1CCSC[C@@H]2NC(=O)[C@H](C)NC(=O)[C@H](C(C)C)NC(=O)[C@H](CC(N)=O)NC(=O)[C@@H]3CC(S)(SC[C@@H](C(=O)O)NC(=O)CNC(=O)[C@H](Cc4ccc(O)cc4)NC2=O)SC(NC(=O)[C@H](CC(C)C)NC(=O)[C@H](CCC(=O)O)NC1=O)C(=O)N3. The van der Waals surface area contributed by atoms with Crippen molar-refractivity contribution in [2.75, 3.05) is 29.6 Å². The van der Waals surface area contributed by atoms with Gasteiger partial charge in [-0.15, -0.1) is 11.8 Å². The van der Waals surface area contributed by atoms with Gasteiger partial charge in [-0.05, 0) is 61.5 Å². The Bertz CT molecular complexity index is 2990. The van der Waals surface area contributed by atoms with Crippen LogP contribution < -0.4 is 74.9 Å². The lowest BCUT2D eigenvalue weighted by Gasteiger charge is -2.32. The Kier molecular flexibility index (Phi) is 30.6. The van der Waals surface area contributed by atoms with Gasteiger partial charge in [-0.25, -0.2) is 4.79 Å². The predicted octanol–water partition coefficient (Wildman–Crippen LogP) is -5.07. The smallest absolute Gasteiger partial charge is 0.327 e. The molecule has 514 valence electrons. The second kappa shape index (κ2) is 36.7. The molecule has 3 heterocycles. The van der Waals surface area contributed by atoms with Gasteiger partial charge in [0.05, 0.1) is 13.0 Å². The molecule has 0 aromatic heterocycles. The molecule has 3 aliphatic rings. The number of phenolic OH excluding ortho intramolecular Hbond substituents is 1. The molecule has 0 spiro atoms. The molecule has 0 radical (unpaired) electrons. The number of nitrogens with two attached hydrogens (primary N) is 1. The van der Waals surface area contributed by atoms with E-state index in [1.807, 2.05) is 0 Å². The Balaban J connectivity index is 2.03. The van der Waals surface area contributed by atoms with Crippen LogP contribution in [0.25, 0.3) is 0 Å². The van der Waals surface area contributed by atoms with Crippen LogP contribution in [-0.4, -0.2) is 215 Å². The third-order valence-electron chi connectivity index (χ3n) is 14.1. The number of carbonyl (C=O) groups is 16. The van der Waals surface area contributed by atoms with E-state index in [0.717, 1.165) is 18.7 Å². The molecule has 3 saturated heterocycles. The van der Waals surface area contributed by atoms with Gasteiger partial charge in [0.25, 0.3) is 5.91 Å². The molecule has 18 N–H and O–H groups in total. The van der Waals surface area contributed by atoms with Gasteiger partial charge in [0, 0.05) is 43.4 Å². The van der Waals surface area contributed by atoms with Crippen molar-refractivity contribution in [2.45, 2.75) is 162 Å². The van der Waals surface area contributed by atoms with E-state index in [1.165, 1.54) is 45.0 Å². The Morgan fingerprint density at radius 2 is 1.30 bits per heavy atom. The summed E-state index contributed by atoms with van der Waals surface area (Å²) in [5.41, 5.74) is 5.88. The molecular weight excluding hydrogens is 1320 g/mol. The number of aromatic hydroxyl groups is 1. The van der Waals surface area contributed by atoms with Gasteiger partial charge in [-0.2, -0.15) is 37.0 Å². The number of carboxylic acid groups (broad SMARTS) is 2. The topological polar surface area (TPSA) is 516 Å². The number of carbonyl (C=O) groups excluding carboxylic acids is 14. The summed E-state index contributed by atoms with van der Waals surface area (Å²) in [7, 11) is 0. The number of primary amides is 1. The molecule has 13 atom stereocenters. The largest absolute Gasteiger partial charge is 0.508 e. The summed E-state index contributed by atoms with van der Waals surface area (Å²) < 4.78 is -1.90. The maximum Gasteiger partial charge on any atom is 0.327 e. The number of nitrogens with one attached hydrogen (secondary N) is 13. The number of aliphatic carboxylic acids is 2. The average molecular weight is 1400 g/mol. The van der Waals surface area contributed by atoms with Crippen molar-refractivity contribution in [1.82, 2.24) is 69.1 Å². The Morgan fingerprint density at radius 1 is 0.699 bits per heavy atom. The van der Waals surface area contributed by atoms with Gasteiger partial charge in [-0.3, -0.25) is 71.9 Å². The van der Waals surface area contributed by atoms with E-state index in [2.05, 4.69) is 81.7 Å². The molecule has 0 aliphatic carbocycles. The first-order chi connectivity index (χ1) is 43.6. The number of thioether (sulfide) groups is 3. The van der Waals surface area contributed by atoms with E-state index in [-0.39, 0.29) is 36.5 Å². The van der Waals surface area contributed by atoms with Crippen molar-refractivity contribution in [2.24, 2.45) is 17.6 Å². The second-order valence-electron chi connectivity index (χ2n) is 22.7. The van der Waals surface area contributed by atoms with E-state index in [4.69, 9.17) is 18.4 Å². The van der Waals surface area contributed by atoms with Crippen LogP contribution in [0.1, 0.15) is 85.6 Å². The molecule has 93 heavy (non-hydrogen) atoms. The highest BCUT2D eigenvalue weighted by Crippen LogP contribution is 2.48. The summed E-state index contributed by atoms with van der Waals surface area (Å²) in [6, 6.07) is -12.9. The van der Waals surface area contributed by atoms with Crippen LogP contribution in [0.2, 0.25) is 0 Å². The molecular formula is C55H80N14O19S5. The van der Waals surface area contributed by atoms with Crippen LogP contribution in [-0.2, 0) is 83.1 Å². The number of hydrogen-bond donors (Lipinski definition) is 19. The minimum Gasteiger partial charge on any atom is -0.508 e. The van der Waals surface area contributed by atoms with Crippen molar-refractivity contribution < 1.29 is 92.0 Å². The molecule has 38 heteroatoms. The Morgan fingerprint density at radius 3 is 1.90 bits per heavy atom. The summed E-state index contributed by atoms with van der Waals surface area (Å²) in [6.07, 6.45) is -3.79. The first-order valence-electron chi connectivity index (χ1n) is 29.2. The number of phenols is 1. The van der Waals surface area contributed by atoms with Crippen molar-refractivity contribution in [1.29, 1.82) is 0 Å². The maximum atomic E-state index is 14.7. The predicted molar refractivity (Wildman–Crippen MR) is 344 cm³/mol. The average Bonchev–Trinajstić information content (AvgIpc) is 1.80. The molecule has 2 unspecified atom stereocenters. The third kappa shape index (κ3) is 25.6. The van der Waals surface area contributed by atoms with E-state index < -0.39 is 225 Å². The minimum absolute atomic E-state index is 0.171. The standard InChI is InChI=1S/C55H80N14O19S5/c1-23(2)15-31-47(81)69-53-52(86)66-34-18-55(90,93-53)92-22-37(54(87)88)60-39(73)19-57-43(77)32(16-27-7-9-28(71)10-8-27)64-50(84)36(67-42(76)25(5)58-51(85)41(24(3)4)68-46(80)33(17-38(56)72)65-48(34)82)21-91-14-13-30(62-49(83)35(20-89)59-26(6)70)45(79)61-29(44(78)63-31)11-12-40(74)75/h7-10,23-25,29-37,41,53,71,89-90H,11-22H2,1-6H3,(H2,56,72)(H,57,77)(H,58,85)(H,59,70)(H,60,73)(H,61,79)(H,62,83)(H,63,78)(H,64,84)(H,65,82)(H,66,86)(H,67,76)(H,68,80)(H,69,81)(H,74,75)(H,87,88)/t25-,29-,30-,31-,32-,33-,34-,35-,36-,37-,41-,53?,55?/m0/s1. The van der Waals surface area contributed by atoms with Gasteiger partial charge in [0.2, 0.25) is 76.8 Å². The van der Waals surface area contributed by atoms with Crippen LogP contribution in [0.3, 0.4) is 0 Å². The van der Waals surface area contributed by atoms with Crippen molar-refractivity contribution in [3.05, 3.63) is 29.8 Å². The van der Waals surface area contributed by atoms with E-state index >= 15 is 0 Å². The van der Waals surface area contributed by atoms with Gasteiger partial charge in [0.1, 0.15) is 75.6 Å². The molecule has 3 aliphatic heterocycles. The summed E-state index contributed by atoms with van der Waals surface area (Å²) in [6.45, 7) is 7.70. The van der Waals surface area contributed by atoms with Gasteiger partial charge < -0.3 is 90.2 Å². The van der Waals surface area contributed by atoms with E-state index in [0.29, 0.717) is 29.1 Å². The summed E-state index contributed by atoms with van der Waals surface area (Å²) in [5.74, 6) is -20.8. The first kappa shape index (κ1) is 77.7. The molecule has 1 aromatic carbocycles. The summed E-state index contributed by atoms with van der Waals surface area (Å²) >= 11 is 11.0. The number of benzene rings is 1. The van der Waals surface area contributed by atoms with Crippen LogP contribution in [0, 0.1) is 11.8 Å². The highest BCUT2D eigenvalue weighted by Gasteiger charge is 2.46. The molecule has 4 bridgehead atoms. The van der Waals surface area contributed by atoms with E-state index in [9.17, 15) is 92.0 Å². The fourth-order valence-electron chi connectivity index (χ4n) is 9.18. The number of carboxylic acids is 2. The fourth-order valence-corrected chi connectivity index (χ4v) is 13.9. The highest BCUT2D eigenvalue weighted by molar-refractivity contribution is 8.29. The molecule has 0 saturated carbocycles. The number of fused-ring (bicyclic) bond motifs is 13. The molecule has 4 rings (SSSR count). The number of rotatable bonds is 15. The normalized spacial score (nSPS) is 27.8. The van der Waals surface area contributed by atoms with Crippen LogP contribution in [0.4, 0.5) is 0 Å². The van der Waals surface area contributed by atoms with Crippen LogP contribution in [0.5, 0.6) is 5.75 Å². The van der Waals surface area contributed by atoms with Crippen molar-refractivity contribution in [3.8, 4) is 5.75 Å². The lowest BCUT2D eigenvalue weighted by atomic mass is 10.0. The third-order valence-corrected chi connectivity index (χ3v) is 19.3. The second-order valence-corrected chi connectivity index (χ2v) is 28.6. The number of amides is 14. The lowest BCUT2D eigenvalue weighted by molar-refractivity contribution is -0.141. The zero-order valence-corrected chi connectivity index (χ0v) is 55.7. The highest BCUT2D eigenvalue weighted by atomic mass is 32.3. The van der Waals surface area contributed by atoms with Crippen molar-refractivity contribution >= 4 is 155 Å². The Hall–Kier alpha value is -7.71. The zero-order chi connectivity index (χ0) is 69.6. The van der Waals surface area contributed by atoms with Gasteiger partial charge >= 0.3 is 11.9 Å². The van der Waals surface area contributed by atoms with Gasteiger partial charge in [-0.1, -0.05) is 51.6 Å². The number of hydrogen-bond acceptors (Lipinski definition) is 22. The summed E-state index contributed by atoms with van der Waals surface area (Å²) in [5, 5.41) is 60.2. The molecule has 3 fully saturated rings. The van der Waals surface area contributed by atoms with Crippen LogP contribution in [0.15, 0.2) is 24.3 Å². The molecule has 14 amide bonds. The molecule has 1 aromatic rings. The maximum absolute atomic E-state index is 14.7. The zero-order valence-electron chi connectivity index (χ0n) is 51.4. The summed E-state index contributed by atoms with van der Waals surface area (Å²) in [4.78, 5) is 221.